The number of carbonyl (C=O) groups is 1. The number of β-amino-alcohol motifs (C(OH)–C–C–N with tert-alkyl or cyclic N) is 1. The highest BCUT2D eigenvalue weighted by molar-refractivity contribution is 7.08. The molecule has 3 heterocycles. The summed E-state index contributed by atoms with van der Waals surface area (Å²) in [4.78, 5) is 17.4. The summed E-state index contributed by atoms with van der Waals surface area (Å²) in [6.45, 7) is 4.78. The molecule has 1 aliphatic heterocycles. The number of nitrogens with one attached hydrogen (secondary N) is 1. The third-order valence-electron chi connectivity index (χ3n) is 5.60. The molecule has 0 bridgehead atoms. The first-order valence-electron chi connectivity index (χ1n) is 10.4. The van der Waals surface area contributed by atoms with E-state index in [4.69, 9.17) is 5.11 Å². The molecule has 6 nitrogen and oxygen atoms in total. The predicted molar refractivity (Wildman–Crippen MR) is 122 cm³/mol. The Morgan fingerprint density at radius 1 is 1.07 bits per heavy atom. The van der Waals surface area contributed by atoms with Gasteiger partial charge in [0.15, 0.2) is 0 Å². The van der Waals surface area contributed by atoms with Gasteiger partial charge in [0.05, 0.1) is 19.1 Å². The Morgan fingerprint density at radius 2 is 1.80 bits per heavy atom. The smallest absolute Gasteiger partial charge is 0.226 e. The molecule has 1 aromatic carbocycles. The van der Waals surface area contributed by atoms with E-state index in [9.17, 15) is 4.79 Å². The van der Waals surface area contributed by atoms with Crippen molar-refractivity contribution >= 4 is 28.6 Å². The van der Waals surface area contributed by atoms with E-state index in [1.165, 1.54) is 5.69 Å². The molecule has 1 aliphatic rings. The molecule has 1 unspecified atom stereocenters. The standard InChI is InChI=1S/C23H28N4O2S/c28-15-14-25-10-12-26(13-11-25)21-5-3-20(4-6-21)24-23(29)17-22(19-7-16-30-18-19)27-8-1-2-9-27/h1-9,16,18,22,28H,10-15,17H2,(H,24,29). The molecule has 1 amide bonds. The highest BCUT2D eigenvalue weighted by Gasteiger charge is 2.19. The summed E-state index contributed by atoms with van der Waals surface area (Å²) >= 11 is 1.65. The Bertz CT molecular complexity index is 867. The molecule has 30 heavy (non-hydrogen) atoms. The summed E-state index contributed by atoms with van der Waals surface area (Å²) in [5, 5.41) is 16.3. The number of aliphatic hydroxyl groups excluding tert-OH is 1. The van der Waals surface area contributed by atoms with Crippen LogP contribution in [0.3, 0.4) is 0 Å². The number of carbonyl (C=O) groups excluding carboxylic acids is 1. The van der Waals surface area contributed by atoms with Crippen LogP contribution in [0.15, 0.2) is 65.6 Å². The molecule has 158 valence electrons. The van der Waals surface area contributed by atoms with Crippen LogP contribution in [0.2, 0.25) is 0 Å². The molecule has 4 rings (SSSR count). The third-order valence-corrected chi connectivity index (χ3v) is 6.30. The summed E-state index contributed by atoms with van der Waals surface area (Å²) in [6, 6.07) is 14.1. The third kappa shape index (κ3) is 5.11. The average molecular weight is 425 g/mol. The van der Waals surface area contributed by atoms with Gasteiger partial charge in [0.25, 0.3) is 0 Å². The first kappa shape index (κ1) is 20.7. The van der Waals surface area contributed by atoms with Crippen molar-refractivity contribution in [1.29, 1.82) is 0 Å². The van der Waals surface area contributed by atoms with Gasteiger partial charge in [-0.05, 0) is 58.8 Å². The number of aliphatic hydroxyl groups is 1. The predicted octanol–water partition coefficient (Wildman–Crippen LogP) is 3.28. The van der Waals surface area contributed by atoms with Gasteiger partial charge in [0.2, 0.25) is 5.91 Å². The average Bonchev–Trinajstić information content (AvgIpc) is 3.48. The van der Waals surface area contributed by atoms with E-state index in [0.717, 1.165) is 44.0 Å². The van der Waals surface area contributed by atoms with E-state index in [0.29, 0.717) is 6.42 Å². The van der Waals surface area contributed by atoms with Gasteiger partial charge in [-0.1, -0.05) is 0 Å². The van der Waals surface area contributed by atoms with Crippen molar-refractivity contribution in [2.24, 2.45) is 0 Å². The minimum absolute atomic E-state index is 0.000685. The lowest BCUT2D eigenvalue weighted by Crippen LogP contribution is -2.47. The fourth-order valence-electron chi connectivity index (χ4n) is 3.93. The molecule has 1 fully saturated rings. The van der Waals surface area contributed by atoms with Crippen LogP contribution in [0.25, 0.3) is 0 Å². The van der Waals surface area contributed by atoms with Crippen molar-refractivity contribution in [3.63, 3.8) is 0 Å². The summed E-state index contributed by atoms with van der Waals surface area (Å²) in [5.41, 5.74) is 3.14. The van der Waals surface area contributed by atoms with Gasteiger partial charge >= 0.3 is 0 Å². The minimum Gasteiger partial charge on any atom is -0.395 e. The van der Waals surface area contributed by atoms with Crippen molar-refractivity contribution < 1.29 is 9.90 Å². The molecule has 2 N–H and O–H groups in total. The lowest BCUT2D eigenvalue weighted by atomic mass is 10.1. The van der Waals surface area contributed by atoms with Gasteiger partial charge in [0, 0.05) is 56.5 Å². The summed E-state index contributed by atoms with van der Waals surface area (Å²) in [6.07, 6.45) is 4.40. The molecule has 3 aromatic rings. The fourth-order valence-corrected chi connectivity index (χ4v) is 4.64. The maximum absolute atomic E-state index is 12.7. The molecule has 0 radical (unpaired) electrons. The van der Waals surface area contributed by atoms with E-state index in [2.05, 4.69) is 43.3 Å². The Balaban J connectivity index is 1.34. The van der Waals surface area contributed by atoms with Crippen molar-refractivity contribution in [2.75, 3.05) is 49.5 Å². The van der Waals surface area contributed by atoms with E-state index >= 15 is 0 Å². The van der Waals surface area contributed by atoms with Gasteiger partial charge in [-0.15, -0.1) is 0 Å². The lowest BCUT2D eigenvalue weighted by molar-refractivity contribution is -0.116. The maximum atomic E-state index is 12.7. The van der Waals surface area contributed by atoms with Gasteiger partial charge < -0.3 is 19.9 Å². The number of thiophene rings is 1. The SMILES string of the molecule is O=C(CC(c1ccsc1)n1cccc1)Nc1ccc(N2CCN(CCO)CC2)cc1. The first-order valence-corrected chi connectivity index (χ1v) is 11.3. The molecule has 7 heteroatoms. The largest absolute Gasteiger partial charge is 0.395 e. The normalized spacial score (nSPS) is 15.8. The zero-order valence-corrected chi connectivity index (χ0v) is 17.8. The van der Waals surface area contributed by atoms with Gasteiger partial charge in [-0.2, -0.15) is 11.3 Å². The van der Waals surface area contributed by atoms with Crippen molar-refractivity contribution in [1.82, 2.24) is 9.47 Å². The van der Waals surface area contributed by atoms with Crippen molar-refractivity contribution in [3.05, 3.63) is 71.2 Å². The van der Waals surface area contributed by atoms with Crippen molar-refractivity contribution in [2.45, 2.75) is 12.5 Å². The molecule has 0 aliphatic carbocycles. The second-order valence-electron chi connectivity index (χ2n) is 7.55. The number of anilines is 2. The van der Waals surface area contributed by atoms with Crippen LogP contribution in [0.4, 0.5) is 11.4 Å². The van der Waals surface area contributed by atoms with E-state index in [-0.39, 0.29) is 18.6 Å². The highest BCUT2D eigenvalue weighted by atomic mass is 32.1. The van der Waals surface area contributed by atoms with Gasteiger partial charge in [-0.25, -0.2) is 0 Å². The number of piperazine rings is 1. The summed E-state index contributed by atoms with van der Waals surface area (Å²) < 4.78 is 2.08. The number of hydrogen-bond donors (Lipinski definition) is 2. The molecule has 1 saturated heterocycles. The van der Waals surface area contributed by atoms with E-state index in [1.54, 1.807) is 11.3 Å². The fraction of sp³-hybridized carbons (Fsp3) is 0.348. The lowest BCUT2D eigenvalue weighted by Gasteiger charge is -2.35. The first-order chi connectivity index (χ1) is 14.7. The van der Waals surface area contributed by atoms with Crippen LogP contribution < -0.4 is 10.2 Å². The van der Waals surface area contributed by atoms with Crippen LogP contribution in [0.1, 0.15) is 18.0 Å². The maximum Gasteiger partial charge on any atom is 0.226 e. The number of rotatable bonds is 8. The number of aromatic nitrogens is 1. The minimum atomic E-state index is 0.000685. The molecular formula is C23H28N4O2S. The monoisotopic (exact) mass is 424 g/mol. The van der Waals surface area contributed by atoms with Gasteiger partial charge in [0.1, 0.15) is 0 Å². The highest BCUT2D eigenvalue weighted by Crippen LogP contribution is 2.26. The van der Waals surface area contributed by atoms with Crippen LogP contribution >= 0.6 is 11.3 Å². The number of nitrogens with zero attached hydrogens (tertiary/aromatic N) is 3. The number of benzene rings is 1. The molecule has 0 saturated carbocycles. The zero-order valence-electron chi connectivity index (χ0n) is 17.0. The number of hydrogen-bond acceptors (Lipinski definition) is 5. The Kier molecular flexibility index (Phi) is 6.84. The summed E-state index contributed by atoms with van der Waals surface area (Å²) in [7, 11) is 0. The Morgan fingerprint density at radius 3 is 2.43 bits per heavy atom. The Labute approximate surface area is 181 Å². The molecule has 2 aromatic heterocycles. The van der Waals surface area contributed by atoms with E-state index in [1.807, 2.05) is 42.0 Å². The van der Waals surface area contributed by atoms with Crippen LogP contribution in [0.5, 0.6) is 0 Å². The topological polar surface area (TPSA) is 60.7 Å². The number of amides is 1. The van der Waals surface area contributed by atoms with Crippen LogP contribution in [0, 0.1) is 0 Å². The zero-order chi connectivity index (χ0) is 20.8. The molecule has 1 atom stereocenters. The van der Waals surface area contributed by atoms with Gasteiger partial charge in [-0.3, -0.25) is 9.69 Å². The van der Waals surface area contributed by atoms with Crippen LogP contribution in [-0.4, -0.2) is 59.8 Å². The van der Waals surface area contributed by atoms with E-state index < -0.39 is 0 Å². The second-order valence-corrected chi connectivity index (χ2v) is 8.33. The molecule has 0 spiro atoms. The Hall–Kier alpha value is -2.61. The quantitative estimate of drug-likeness (QED) is 0.583. The summed E-state index contributed by atoms with van der Waals surface area (Å²) in [5.74, 6) is 0.00488. The second kappa shape index (κ2) is 9.93. The van der Waals surface area contributed by atoms with Crippen molar-refractivity contribution in [3.8, 4) is 0 Å². The van der Waals surface area contributed by atoms with Crippen LogP contribution in [-0.2, 0) is 4.79 Å². The molecular weight excluding hydrogens is 396 g/mol.